The van der Waals surface area contributed by atoms with E-state index in [9.17, 15) is 18.0 Å². The van der Waals surface area contributed by atoms with E-state index in [1.165, 1.54) is 17.5 Å². The van der Waals surface area contributed by atoms with Crippen molar-refractivity contribution in [3.05, 3.63) is 33.9 Å². The summed E-state index contributed by atoms with van der Waals surface area (Å²) in [6, 6.07) is 3.49. The Hall–Kier alpha value is -2.04. The summed E-state index contributed by atoms with van der Waals surface area (Å²) in [5.41, 5.74) is 0. The Balaban J connectivity index is 1.77. The van der Waals surface area contributed by atoms with E-state index in [4.69, 9.17) is 4.74 Å². The smallest absolute Gasteiger partial charge is 0.307 e. The average molecular weight is 385 g/mol. The van der Waals surface area contributed by atoms with Gasteiger partial charge in [-0.2, -0.15) is 0 Å². The van der Waals surface area contributed by atoms with Crippen molar-refractivity contribution in [1.82, 2.24) is 14.3 Å². The second kappa shape index (κ2) is 7.89. The Morgan fingerprint density at radius 3 is 2.60 bits per heavy atom. The summed E-state index contributed by atoms with van der Waals surface area (Å²) in [6.45, 7) is 3.07. The molecule has 8 nitrogen and oxygen atoms in total. The summed E-state index contributed by atoms with van der Waals surface area (Å²) in [4.78, 5) is 28.9. The Labute approximate surface area is 149 Å². The number of ketones is 1. The average Bonchev–Trinajstić information content (AvgIpc) is 3.11. The van der Waals surface area contributed by atoms with E-state index in [-0.39, 0.29) is 30.4 Å². The molecule has 0 amide bonds. The quantitative estimate of drug-likeness (QED) is 0.540. The van der Waals surface area contributed by atoms with Crippen molar-refractivity contribution < 1.29 is 22.7 Å². The number of ether oxygens (including phenoxy) is 1. The van der Waals surface area contributed by atoms with E-state index in [0.29, 0.717) is 10.7 Å². The minimum atomic E-state index is -3.78. The molecule has 2 heterocycles. The summed E-state index contributed by atoms with van der Waals surface area (Å²) >= 11 is 1.33. The summed E-state index contributed by atoms with van der Waals surface area (Å²) < 4.78 is 32.8. The van der Waals surface area contributed by atoms with E-state index in [2.05, 4.69) is 9.71 Å². The zero-order chi connectivity index (χ0) is 18.6. The molecule has 2 aromatic rings. The highest BCUT2D eigenvalue weighted by Crippen LogP contribution is 2.15. The number of sulfonamides is 1. The van der Waals surface area contributed by atoms with E-state index in [1.54, 1.807) is 24.6 Å². The van der Waals surface area contributed by atoms with Crippen molar-refractivity contribution in [3.63, 3.8) is 0 Å². The van der Waals surface area contributed by atoms with Crippen LogP contribution in [-0.2, 0) is 26.6 Å². The third-order valence-electron chi connectivity index (χ3n) is 3.36. The number of nitrogens with zero attached hydrogens (tertiary/aromatic N) is 2. The molecule has 136 valence electrons. The van der Waals surface area contributed by atoms with Crippen LogP contribution in [0.2, 0.25) is 0 Å². The van der Waals surface area contributed by atoms with Crippen molar-refractivity contribution in [2.24, 2.45) is 7.05 Å². The van der Waals surface area contributed by atoms with Gasteiger partial charge in [0.2, 0.25) is 5.78 Å². The molecule has 25 heavy (non-hydrogen) atoms. The zero-order valence-electron chi connectivity index (χ0n) is 14.1. The molecule has 0 aromatic carbocycles. The predicted molar refractivity (Wildman–Crippen MR) is 92.1 cm³/mol. The maximum atomic E-state index is 12.0. The molecule has 0 fully saturated rings. The number of rotatable bonds is 8. The van der Waals surface area contributed by atoms with Gasteiger partial charge in [0, 0.05) is 24.7 Å². The van der Waals surface area contributed by atoms with Crippen molar-refractivity contribution >= 4 is 33.1 Å². The molecule has 0 radical (unpaired) electrons. The third kappa shape index (κ3) is 5.21. The number of carbonyl (C=O) groups is 2. The van der Waals surface area contributed by atoms with Crippen LogP contribution in [0.25, 0.3) is 0 Å². The Morgan fingerprint density at radius 1 is 1.32 bits per heavy atom. The number of imidazole rings is 1. The molecule has 0 aliphatic carbocycles. The monoisotopic (exact) mass is 385 g/mol. The number of aromatic nitrogens is 2. The van der Waals surface area contributed by atoms with Crippen LogP contribution < -0.4 is 4.72 Å². The fourth-order valence-corrected chi connectivity index (χ4v) is 3.75. The molecule has 1 N–H and O–H groups in total. The summed E-state index contributed by atoms with van der Waals surface area (Å²) in [5.74, 6) is -0.375. The first kappa shape index (κ1) is 19.3. The van der Waals surface area contributed by atoms with Crippen LogP contribution in [0, 0.1) is 13.8 Å². The molecular weight excluding hydrogens is 366 g/mol. The van der Waals surface area contributed by atoms with Gasteiger partial charge < -0.3 is 9.30 Å². The van der Waals surface area contributed by atoms with Gasteiger partial charge in [-0.15, -0.1) is 11.3 Å². The van der Waals surface area contributed by atoms with Crippen molar-refractivity contribution in [2.75, 3.05) is 13.2 Å². The second-order valence-electron chi connectivity index (χ2n) is 5.38. The molecule has 10 heteroatoms. The number of thiophene rings is 1. The minimum absolute atomic E-state index is 0.107. The number of hydrogen-bond acceptors (Lipinski definition) is 7. The lowest BCUT2D eigenvalue weighted by molar-refractivity contribution is -0.142. The van der Waals surface area contributed by atoms with Crippen LogP contribution in [0.4, 0.5) is 0 Å². The minimum Gasteiger partial charge on any atom is -0.457 e. The van der Waals surface area contributed by atoms with Gasteiger partial charge in [-0.05, 0) is 26.0 Å². The van der Waals surface area contributed by atoms with E-state index in [0.717, 1.165) is 4.88 Å². The number of aryl methyl sites for hydroxylation is 3. The van der Waals surface area contributed by atoms with Gasteiger partial charge >= 0.3 is 5.97 Å². The first-order valence-electron chi connectivity index (χ1n) is 7.44. The molecule has 2 aromatic heterocycles. The molecule has 0 spiro atoms. The standard InChI is InChI=1S/C15H19N3O5S2/c1-10-4-5-13(24-10)12(19)9-23-15(20)6-7-16-25(21,22)14-8-18(3)11(2)17-14/h4-5,8,16H,6-7,9H2,1-3H3. The van der Waals surface area contributed by atoms with Crippen LogP contribution in [0.15, 0.2) is 23.4 Å². The van der Waals surface area contributed by atoms with E-state index < -0.39 is 16.0 Å². The summed E-state index contributed by atoms with van der Waals surface area (Å²) in [6.07, 6.45) is 1.21. The van der Waals surface area contributed by atoms with Gasteiger partial charge in [0.15, 0.2) is 11.6 Å². The summed E-state index contributed by atoms with van der Waals surface area (Å²) in [7, 11) is -2.10. The highest BCUT2D eigenvalue weighted by Gasteiger charge is 2.19. The molecule has 0 atom stereocenters. The molecule has 0 saturated heterocycles. The fraction of sp³-hybridized carbons (Fsp3) is 0.400. The van der Waals surface area contributed by atoms with Crippen LogP contribution in [0.3, 0.4) is 0 Å². The zero-order valence-corrected chi connectivity index (χ0v) is 15.7. The van der Waals surface area contributed by atoms with Gasteiger partial charge in [0.25, 0.3) is 10.0 Å². The molecule has 0 saturated carbocycles. The predicted octanol–water partition coefficient (Wildman–Crippen LogP) is 1.19. The van der Waals surface area contributed by atoms with Gasteiger partial charge in [-0.1, -0.05) is 0 Å². The van der Waals surface area contributed by atoms with Crippen molar-refractivity contribution in [3.8, 4) is 0 Å². The maximum Gasteiger partial charge on any atom is 0.307 e. The topological polar surface area (TPSA) is 107 Å². The molecule has 0 unspecified atom stereocenters. The highest BCUT2D eigenvalue weighted by atomic mass is 32.2. The molecular formula is C15H19N3O5S2. The van der Waals surface area contributed by atoms with Crippen LogP contribution in [-0.4, -0.2) is 42.9 Å². The van der Waals surface area contributed by atoms with Gasteiger partial charge in [0.05, 0.1) is 11.3 Å². The van der Waals surface area contributed by atoms with Gasteiger partial charge in [0.1, 0.15) is 5.82 Å². The Bertz CT molecular complexity index is 863. The number of carbonyl (C=O) groups excluding carboxylic acids is 2. The lowest BCUT2D eigenvalue weighted by Gasteiger charge is -2.05. The third-order valence-corrected chi connectivity index (χ3v) is 5.74. The van der Waals surface area contributed by atoms with Crippen LogP contribution >= 0.6 is 11.3 Å². The van der Waals surface area contributed by atoms with Crippen LogP contribution in [0.1, 0.15) is 26.8 Å². The lowest BCUT2D eigenvalue weighted by Crippen LogP contribution is -2.27. The van der Waals surface area contributed by atoms with Gasteiger partial charge in [-0.25, -0.2) is 18.1 Å². The second-order valence-corrected chi connectivity index (χ2v) is 8.38. The molecule has 0 aliphatic rings. The SMILES string of the molecule is Cc1ccc(C(=O)COC(=O)CCNS(=O)(=O)c2cn(C)c(C)n2)s1. The van der Waals surface area contributed by atoms with E-state index in [1.807, 2.05) is 13.0 Å². The Kier molecular flexibility index (Phi) is 6.09. The first-order valence-corrected chi connectivity index (χ1v) is 9.74. The van der Waals surface area contributed by atoms with E-state index >= 15 is 0 Å². The van der Waals surface area contributed by atoms with Crippen molar-refractivity contribution in [1.29, 1.82) is 0 Å². The molecule has 0 bridgehead atoms. The summed E-state index contributed by atoms with van der Waals surface area (Å²) in [5, 5.41) is -0.107. The molecule has 2 rings (SSSR count). The highest BCUT2D eigenvalue weighted by molar-refractivity contribution is 7.89. The van der Waals surface area contributed by atoms with Gasteiger partial charge in [-0.3, -0.25) is 9.59 Å². The largest absolute Gasteiger partial charge is 0.457 e. The Morgan fingerprint density at radius 2 is 2.04 bits per heavy atom. The normalized spacial score (nSPS) is 11.5. The fourth-order valence-electron chi connectivity index (χ4n) is 1.89. The number of hydrogen-bond donors (Lipinski definition) is 1. The van der Waals surface area contributed by atoms with Crippen molar-refractivity contribution in [2.45, 2.75) is 25.3 Å². The first-order chi connectivity index (χ1) is 11.7. The number of esters is 1. The molecule has 0 aliphatic heterocycles. The van der Waals surface area contributed by atoms with Crippen LogP contribution in [0.5, 0.6) is 0 Å². The number of Topliss-reactive ketones (excluding diaryl/α,β-unsaturated/α-hetero) is 1. The maximum absolute atomic E-state index is 12.0. The lowest BCUT2D eigenvalue weighted by atomic mass is 10.3. The number of nitrogens with one attached hydrogen (secondary N) is 1.